The van der Waals surface area contributed by atoms with Crippen molar-refractivity contribution in [2.75, 3.05) is 6.61 Å². The lowest BCUT2D eigenvalue weighted by Gasteiger charge is -2.22. The molecule has 1 aliphatic heterocycles. The smallest absolute Gasteiger partial charge is 0.306 e. The molecular formula is C10H10O3. The Labute approximate surface area is 76.0 Å². The Morgan fingerprint density at radius 3 is 3.31 bits per heavy atom. The summed E-state index contributed by atoms with van der Waals surface area (Å²) < 4.78 is 5.34. The van der Waals surface area contributed by atoms with Crippen molar-refractivity contribution in [3.63, 3.8) is 0 Å². The van der Waals surface area contributed by atoms with Crippen molar-refractivity contribution in [1.29, 1.82) is 0 Å². The predicted molar refractivity (Wildman–Crippen MR) is 47.3 cm³/mol. The maximum Gasteiger partial charge on any atom is 0.306 e. The molecular weight excluding hydrogens is 168 g/mol. The quantitative estimate of drug-likeness (QED) is 0.692. The molecule has 0 spiro atoms. The topological polar surface area (TPSA) is 46.5 Å². The zero-order chi connectivity index (χ0) is 9.26. The number of aliphatic carboxylic acids is 1. The van der Waals surface area contributed by atoms with Crippen LogP contribution >= 0.6 is 0 Å². The van der Waals surface area contributed by atoms with Crippen LogP contribution in [0, 0.1) is 0 Å². The van der Waals surface area contributed by atoms with E-state index >= 15 is 0 Å². The first kappa shape index (κ1) is 8.26. The molecule has 0 aromatic heterocycles. The highest BCUT2D eigenvalue weighted by molar-refractivity contribution is 5.69. The van der Waals surface area contributed by atoms with Gasteiger partial charge in [0.05, 0.1) is 19.1 Å². The number of ether oxygens (including phenoxy) is 1. The summed E-state index contributed by atoms with van der Waals surface area (Å²) in [5.41, 5.74) is 2.10. The average Bonchev–Trinajstić information content (AvgIpc) is 2.51. The minimum absolute atomic E-state index is 0.0465. The van der Waals surface area contributed by atoms with E-state index in [1.165, 1.54) is 0 Å². The lowest BCUT2D eigenvalue weighted by Crippen LogP contribution is -2.23. The van der Waals surface area contributed by atoms with Crippen molar-refractivity contribution >= 4 is 5.97 Å². The standard InChI is InChI=1S/C10H10O3/c11-10(12)6-9-8-3-1-2-7(8)4-5-13-9/h1-4,9H,5-6H2,(H,11,12). The maximum atomic E-state index is 10.5. The van der Waals surface area contributed by atoms with Crippen LogP contribution < -0.4 is 0 Å². The molecule has 0 bridgehead atoms. The van der Waals surface area contributed by atoms with E-state index < -0.39 is 5.97 Å². The molecule has 0 amide bonds. The zero-order valence-electron chi connectivity index (χ0n) is 7.06. The number of fused-ring (bicyclic) bond motifs is 1. The molecule has 0 saturated carbocycles. The van der Waals surface area contributed by atoms with Gasteiger partial charge in [-0.1, -0.05) is 24.3 Å². The van der Waals surface area contributed by atoms with Gasteiger partial charge in [0.15, 0.2) is 0 Å². The lowest BCUT2D eigenvalue weighted by molar-refractivity contribution is -0.139. The summed E-state index contributed by atoms with van der Waals surface area (Å²) in [7, 11) is 0. The number of carbonyl (C=O) groups is 1. The molecule has 2 rings (SSSR count). The second-order valence-corrected chi connectivity index (χ2v) is 3.06. The van der Waals surface area contributed by atoms with Crippen molar-refractivity contribution in [2.45, 2.75) is 12.5 Å². The highest BCUT2D eigenvalue weighted by atomic mass is 16.5. The Morgan fingerprint density at radius 2 is 2.54 bits per heavy atom. The second-order valence-electron chi connectivity index (χ2n) is 3.06. The van der Waals surface area contributed by atoms with Crippen LogP contribution in [0.3, 0.4) is 0 Å². The highest BCUT2D eigenvalue weighted by Crippen LogP contribution is 2.28. The Bertz CT molecular complexity index is 323. The Hall–Kier alpha value is -1.35. The van der Waals surface area contributed by atoms with Crippen LogP contribution in [0.5, 0.6) is 0 Å². The summed E-state index contributed by atoms with van der Waals surface area (Å²) >= 11 is 0. The number of hydrogen-bond donors (Lipinski definition) is 1. The molecule has 0 radical (unpaired) electrons. The molecule has 1 N–H and O–H groups in total. The first-order valence-electron chi connectivity index (χ1n) is 4.19. The molecule has 3 heteroatoms. The summed E-state index contributed by atoms with van der Waals surface area (Å²) in [6.07, 6.45) is 7.56. The van der Waals surface area contributed by atoms with Crippen LogP contribution in [0.15, 0.2) is 35.5 Å². The first-order valence-corrected chi connectivity index (χ1v) is 4.19. The fourth-order valence-electron chi connectivity index (χ4n) is 1.60. The van der Waals surface area contributed by atoms with Gasteiger partial charge >= 0.3 is 5.97 Å². The number of hydrogen-bond acceptors (Lipinski definition) is 2. The Morgan fingerprint density at radius 1 is 1.69 bits per heavy atom. The van der Waals surface area contributed by atoms with E-state index in [1.807, 2.05) is 24.3 Å². The monoisotopic (exact) mass is 178 g/mol. The Balaban J connectivity index is 2.16. The zero-order valence-corrected chi connectivity index (χ0v) is 7.06. The third-order valence-corrected chi connectivity index (χ3v) is 2.19. The van der Waals surface area contributed by atoms with Crippen molar-refractivity contribution in [3.8, 4) is 0 Å². The molecule has 2 aliphatic rings. The number of allylic oxidation sites excluding steroid dienone is 3. The van der Waals surface area contributed by atoms with Gasteiger partial charge in [0.1, 0.15) is 0 Å². The van der Waals surface area contributed by atoms with Crippen molar-refractivity contribution in [3.05, 3.63) is 35.5 Å². The summed E-state index contributed by atoms with van der Waals surface area (Å²) in [6.45, 7) is 0.509. The van der Waals surface area contributed by atoms with E-state index in [4.69, 9.17) is 9.84 Å². The summed E-state index contributed by atoms with van der Waals surface area (Å²) in [4.78, 5) is 10.5. The number of rotatable bonds is 2. The van der Waals surface area contributed by atoms with Crippen molar-refractivity contribution in [2.24, 2.45) is 0 Å². The molecule has 0 fully saturated rings. The van der Waals surface area contributed by atoms with Crippen molar-refractivity contribution in [1.82, 2.24) is 0 Å². The molecule has 1 unspecified atom stereocenters. The largest absolute Gasteiger partial charge is 0.481 e. The third kappa shape index (κ3) is 1.55. The van der Waals surface area contributed by atoms with Gasteiger partial charge in [-0.15, -0.1) is 0 Å². The molecule has 3 nitrogen and oxygen atoms in total. The molecule has 0 aromatic carbocycles. The van der Waals surface area contributed by atoms with Crippen molar-refractivity contribution < 1.29 is 14.6 Å². The van der Waals surface area contributed by atoms with E-state index in [-0.39, 0.29) is 12.5 Å². The summed E-state index contributed by atoms with van der Waals surface area (Å²) in [5, 5.41) is 8.64. The van der Waals surface area contributed by atoms with Crippen LogP contribution in [0.2, 0.25) is 0 Å². The van der Waals surface area contributed by atoms with Gasteiger partial charge in [-0.05, 0) is 11.1 Å². The van der Waals surface area contributed by atoms with E-state index in [9.17, 15) is 4.79 Å². The van der Waals surface area contributed by atoms with Gasteiger partial charge < -0.3 is 9.84 Å². The summed E-state index contributed by atoms with van der Waals surface area (Å²) in [6, 6.07) is 0. The van der Waals surface area contributed by atoms with Crippen LogP contribution in [-0.2, 0) is 9.53 Å². The molecule has 0 aromatic rings. The molecule has 0 saturated heterocycles. The minimum Gasteiger partial charge on any atom is -0.481 e. The van der Waals surface area contributed by atoms with Gasteiger partial charge in [-0.25, -0.2) is 0 Å². The predicted octanol–water partition coefficient (Wildman–Crippen LogP) is 1.28. The van der Waals surface area contributed by atoms with Gasteiger partial charge in [0.2, 0.25) is 0 Å². The summed E-state index contributed by atoms with van der Waals surface area (Å²) in [5.74, 6) is -0.820. The highest BCUT2D eigenvalue weighted by Gasteiger charge is 2.24. The second kappa shape index (κ2) is 3.18. The molecule has 68 valence electrons. The van der Waals surface area contributed by atoms with Crippen LogP contribution in [0.25, 0.3) is 0 Å². The number of carboxylic acids is 1. The molecule has 1 heterocycles. The van der Waals surface area contributed by atoms with Crippen LogP contribution in [0.4, 0.5) is 0 Å². The molecule has 1 atom stereocenters. The third-order valence-electron chi connectivity index (χ3n) is 2.19. The SMILES string of the molecule is O=C(O)CC1OCC=C2C=CC=C21. The maximum absolute atomic E-state index is 10.5. The minimum atomic E-state index is -0.820. The van der Waals surface area contributed by atoms with Gasteiger partial charge in [0.25, 0.3) is 0 Å². The Kier molecular flexibility index (Phi) is 2.02. The lowest BCUT2D eigenvalue weighted by atomic mass is 9.99. The van der Waals surface area contributed by atoms with Crippen LogP contribution in [0.1, 0.15) is 6.42 Å². The molecule has 1 aliphatic carbocycles. The fraction of sp³-hybridized carbons (Fsp3) is 0.300. The van der Waals surface area contributed by atoms with E-state index in [2.05, 4.69) is 0 Å². The van der Waals surface area contributed by atoms with E-state index in [0.717, 1.165) is 11.1 Å². The van der Waals surface area contributed by atoms with E-state index in [0.29, 0.717) is 6.61 Å². The van der Waals surface area contributed by atoms with Gasteiger partial charge in [-0.3, -0.25) is 4.79 Å². The molecule has 13 heavy (non-hydrogen) atoms. The van der Waals surface area contributed by atoms with Gasteiger partial charge in [-0.2, -0.15) is 0 Å². The average molecular weight is 178 g/mol. The fourth-order valence-corrected chi connectivity index (χ4v) is 1.60. The van der Waals surface area contributed by atoms with E-state index in [1.54, 1.807) is 0 Å². The first-order chi connectivity index (χ1) is 6.27. The van der Waals surface area contributed by atoms with Gasteiger partial charge in [0, 0.05) is 0 Å². The number of carboxylic acid groups (broad SMARTS) is 1. The normalized spacial score (nSPS) is 25.1. The van der Waals surface area contributed by atoms with Crippen LogP contribution in [-0.4, -0.2) is 23.8 Å².